The van der Waals surface area contributed by atoms with Gasteiger partial charge in [-0.2, -0.15) is 0 Å². The molecule has 4 rings (SSSR count). The fraction of sp³-hybridized carbons (Fsp3) is 0.158. The number of benzene rings is 2. The van der Waals surface area contributed by atoms with E-state index in [1.54, 1.807) is 0 Å². The number of allylic oxidation sites excluding steroid dienone is 4. The van der Waals surface area contributed by atoms with Crippen LogP contribution in [-0.2, 0) is 5.41 Å². The smallest absolute Gasteiger partial charge is 0.0500 e. The number of anilines is 2. The lowest BCUT2D eigenvalue weighted by molar-refractivity contribution is 0.556. The third-order valence-electron chi connectivity index (χ3n) is 4.57. The molecule has 0 saturated carbocycles. The molecule has 2 nitrogen and oxygen atoms in total. The number of fused-ring (bicyclic) bond motifs is 3. The zero-order valence-corrected chi connectivity index (χ0v) is 12.1. The van der Waals surface area contributed by atoms with E-state index in [1.807, 2.05) is 6.08 Å². The van der Waals surface area contributed by atoms with Gasteiger partial charge in [0.15, 0.2) is 0 Å². The zero-order chi connectivity index (χ0) is 14.4. The Morgan fingerprint density at radius 2 is 1.67 bits per heavy atom. The molecule has 1 aliphatic heterocycles. The summed E-state index contributed by atoms with van der Waals surface area (Å²) in [5.41, 5.74) is 12.2. The van der Waals surface area contributed by atoms with Crippen molar-refractivity contribution in [1.29, 1.82) is 0 Å². The summed E-state index contributed by atoms with van der Waals surface area (Å²) in [6.45, 7) is 2.29. The van der Waals surface area contributed by atoms with E-state index in [1.165, 1.54) is 22.6 Å². The van der Waals surface area contributed by atoms with Gasteiger partial charge in [-0.25, -0.2) is 0 Å². The molecule has 2 aliphatic rings. The first-order chi connectivity index (χ1) is 10.2. The van der Waals surface area contributed by atoms with E-state index in [2.05, 4.69) is 72.5 Å². The highest BCUT2D eigenvalue weighted by molar-refractivity contribution is 5.80. The number of rotatable bonds is 1. The summed E-state index contributed by atoms with van der Waals surface area (Å²) in [4.78, 5) is 2.36. The number of para-hydroxylation sites is 2. The van der Waals surface area contributed by atoms with Gasteiger partial charge in [0.05, 0.1) is 0 Å². The second-order valence-corrected chi connectivity index (χ2v) is 5.99. The number of hydrogen-bond donors (Lipinski definition) is 1. The van der Waals surface area contributed by atoms with Crippen molar-refractivity contribution >= 4 is 11.4 Å². The molecule has 0 bridgehead atoms. The maximum Gasteiger partial charge on any atom is 0.0500 e. The Morgan fingerprint density at radius 3 is 2.48 bits per heavy atom. The molecular formula is C19H18N2. The van der Waals surface area contributed by atoms with Crippen molar-refractivity contribution in [2.45, 2.75) is 18.8 Å². The molecule has 2 aromatic rings. The highest BCUT2D eigenvalue weighted by atomic mass is 15.2. The molecule has 0 amide bonds. The Hall–Kier alpha value is -2.48. The first-order valence-electron chi connectivity index (χ1n) is 7.32. The van der Waals surface area contributed by atoms with Crippen molar-refractivity contribution in [2.24, 2.45) is 5.73 Å². The molecule has 0 saturated heterocycles. The fourth-order valence-electron chi connectivity index (χ4n) is 3.60. The predicted octanol–water partition coefficient (Wildman–Crippen LogP) is 4.23. The van der Waals surface area contributed by atoms with Crippen LogP contribution in [0.1, 0.15) is 18.9 Å². The van der Waals surface area contributed by atoms with Gasteiger partial charge in [0.2, 0.25) is 0 Å². The fourth-order valence-corrected chi connectivity index (χ4v) is 3.60. The third kappa shape index (κ3) is 1.65. The SMILES string of the molecule is CC12CC(N)=CC=C1N(c1ccccc1)c1ccccc12. The van der Waals surface area contributed by atoms with E-state index in [-0.39, 0.29) is 5.41 Å². The normalized spacial score (nSPS) is 23.2. The van der Waals surface area contributed by atoms with E-state index in [4.69, 9.17) is 5.73 Å². The largest absolute Gasteiger partial charge is 0.402 e. The Kier molecular flexibility index (Phi) is 2.49. The minimum Gasteiger partial charge on any atom is -0.402 e. The van der Waals surface area contributed by atoms with Crippen molar-refractivity contribution in [2.75, 3.05) is 4.90 Å². The monoisotopic (exact) mass is 274 g/mol. The van der Waals surface area contributed by atoms with E-state index < -0.39 is 0 Å². The number of nitrogens with two attached hydrogens (primary N) is 1. The van der Waals surface area contributed by atoms with Gasteiger partial charge in [0.1, 0.15) is 0 Å². The minimum absolute atomic E-state index is 0.0364. The number of nitrogens with zero attached hydrogens (tertiary/aromatic N) is 1. The molecule has 104 valence electrons. The standard InChI is InChI=1S/C19H18N2/c1-19-13-14(20)11-12-18(19)21(15-7-3-2-4-8-15)17-10-6-5-9-16(17)19/h2-12H,13,20H2,1H3. The minimum atomic E-state index is -0.0364. The van der Waals surface area contributed by atoms with E-state index >= 15 is 0 Å². The van der Waals surface area contributed by atoms with Gasteiger partial charge in [-0.1, -0.05) is 36.4 Å². The summed E-state index contributed by atoms with van der Waals surface area (Å²) in [5, 5.41) is 0. The van der Waals surface area contributed by atoms with Crippen LogP contribution in [0.4, 0.5) is 11.4 Å². The van der Waals surface area contributed by atoms with Crippen LogP contribution in [0.15, 0.2) is 78.1 Å². The second kappa shape index (κ2) is 4.26. The lowest BCUT2D eigenvalue weighted by Gasteiger charge is -2.32. The maximum atomic E-state index is 6.12. The molecule has 0 spiro atoms. The molecule has 0 fully saturated rings. The van der Waals surface area contributed by atoms with Crippen LogP contribution in [0.25, 0.3) is 0 Å². The van der Waals surface area contributed by atoms with Gasteiger partial charge in [-0.3, -0.25) is 0 Å². The molecule has 1 aliphatic carbocycles. The van der Waals surface area contributed by atoms with Crippen molar-refractivity contribution < 1.29 is 0 Å². The van der Waals surface area contributed by atoms with Crippen molar-refractivity contribution in [3.8, 4) is 0 Å². The maximum absolute atomic E-state index is 6.12. The van der Waals surface area contributed by atoms with E-state index in [0.717, 1.165) is 12.1 Å². The molecule has 2 N–H and O–H groups in total. The molecule has 21 heavy (non-hydrogen) atoms. The van der Waals surface area contributed by atoms with Crippen LogP contribution in [-0.4, -0.2) is 0 Å². The van der Waals surface area contributed by atoms with Gasteiger partial charge >= 0.3 is 0 Å². The Bertz CT molecular complexity index is 758. The van der Waals surface area contributed by atoms with E-state index in [0.29, 0.717) is 0 Å². The van der Waals surface area contributed by atoms with Gasteiger partial charge in [0, 0.05) is 34.6 Å². The van der Waals surface area contributed by atoms with Crippen LogP contribution >= 0.6 is 0 Å². The topological polar surface area (TPSA) is 29.3 Å². The number of hydrogen-bond acceptors (Lipinski definition) is 2. The molecule has 1 heterocycles. The highest BCUT2D eigenvalue weighted by Gasteiger charge is 2.45. The Balaban J connectivity index is 1.98. The molecule has 0 radical (unpaired) electrons. The lowest BCUT2D eigenvalue weighted by Crippen LogP contribution is -2.30. The van der Waals surface area contributed by atoms with Crippen LogP contribution in [0.5, 0.6) is 0 Å². The average Bonchev–Trinajstić information content (AvgIpc) is 2.76. The van der Waals surface area contributed by atoms with Crippen LogP contribution in [0, 0.1) is 0 Å². The summed E-state index contributed by atoms with van der Waals surface area (Å²) in [6.07, 6.45) is 5.09. The molecular weight excluding hydrogens is 256 g/mol. The highest BCUT2D eigenvalue weighted by Crippen LogP contribution is 2.54. The Labute approximate surface area is 125 Å². The first-order valence-corrected chi connectivity index (χ1v) is 7.32. The van der Waals surface area contributed by atoms with Crippen LogP contribution < -0.4 is 10.6 Å². The summed E-state index contributed by atoms with van der Waals surface area (Å²) in [7, 11) is 0. The summed E-state index contributed by atoms with van der Waals surface area (Å²) < 4.78 is 0. The van der Waals surface area contributed by atoms with Gasteiger partial charge in [-0.05, 0) is 42.8 Å². The lowest BCUT2D eigenvalue weighted by atomic mass is 9.75. The molecule has 2 aromatic carbocycles. The van der Waals surface area contributed by atoms with Crippen LogP contribution in [0.2, 0.25) is 0 Å². The van der Waals surface area contributed by atoms with Gasteiger partial charge in [0.25, 0.3) is 0 Å². The second-order valence-electron chi connectivity index (χ2n) is 5.99. The van der Waals surface area contributed by atoms with Crippen molar-refractivity contribution in [3.05, 3.63) is 83.7 Å². The molecule has 0 aromatic heterocycles. The van der Waals surface area contributed by atoms with Crippen molar-refractivity contribution in [3.63, 3.8) is 0 Å². The van der Waals surface area contributed by atoms with Gasteiger partial charge < -0.3 is 10.6 Å². The van der Waals surface area contributed by atoms with Crippen LogP contribution in [0.3, 0.4) is 0 Å². The summed E-state index contributed by atoms with van der Waals surface area (Å²) in [6, 6.07) is 19.2. The molecule has 2 heteroatoms. The molecule has 1 atom stereocenters. The summed E-state index contributed by atoms with van der Waals surface area (Å²) in [5.74, 6) is 0. The summed E-state index contributed by atoms with van der Waals surface area (Å²) >= 11 is 0. The van der Waals surface area contributed by atoms with E-state index in [9.17, 15) is 0 Å². The zero-order valence-electron chi connectivity index (χ0n) is 12.1. The van der Waals surface area contributed by atoms with Crippen molar-refractivity contribution in [1.82, 2.24) is 0 Å². The van der Waals surface area contributed by atoms with Gasteiger partial charge in [-0.15, -0.1) is 0 Å². The molecule has 1 unspecified atom stereocenters. The first kappa shape index (κ1) is 12.3. The quantitative estimate of drug-likeness (QED) is 0.843. The Morgan fingerprint density at radius 1 is 0.952 bits per heavy atom. The third-order valence-corrected chi connectivity index (χ3v) is 4.57. The predicted molar refractivity (Wildman–Crippen MR) is 87.3 cm³/mol. The average molecular weight is 274 g/mol.